The second kappa shape index (κ2) is 7.25. The van der Waals surface area contributed by atoms with Crippen LogP contribution in [0, 0.1) is 0 Å². The number of halogens is 1. The van der Waals surface area contributed by atoms with E-state index in [1.54, 1.807) is 0 Å². The number of nitrogens with one attached hydrogen (secondary N) is 1. The van der Waals surface area contributed by atoms with Gasteiger partial charge in [0.2, 0.25) is 5.82 Å². The van der Waals surface area contributed by atoms with Crippen molar-refractivity contribution in [2.75, 3.05) is 0 Å². The molecule has 0 aliphatic rings. The molecule has 0 amide bonds. The Hall–Kier alpha value is -2.73. The van der Waals surface area contributed by atoms with Crippen molar-refractivity contribution in [3.05, 3.63) is 59.0 Å². The van der Waals surface area contributed by atoms with Crippen molar-refractivity contribution in [3.8, 4) is 11.5 Å². The minimum Gasteiger partial charge on any atom is -0.319 e. The fourth-order valence-corrected chi connectivity index (χ4v) is 3.52. The van der Waals surface area contributed by atoms with Crippen molar-refractivity contribution in [1.29, 1.82) is 0 Å². The van der Waals surface area contributed by atoms with E-state index in [1.807, 2.05) is 0 Å². The maximum atomic E-state index is 6.45. The van der Waals surface area contributed by atoms with Crippen LogP contribution in [0.4, 0.5) is 0 Å². The van der Waals surface area contributed by atoms with Gasteiger partial charge in [-0.05, 0) is 28.0 Å². The van der Waals surface area contributed by atoms with Gasteiger partial charge in [-0.2, -0.15) is 5.21 Å². The fourth-order valence-electron chi connectivity index (χ4n) is 3.24. The van der Waals surface area contributed by atoms with Gasteiger partial charge in [0.25, 0.3) is 0 Å². The van der Waals surface area contributed by atoms with Crippen LogP contribution in [0.2, 0.25) is 5.15 Å². The number of hydrogen-bond donors (Lipinski definition) is 1. The molecule has 4 aromatic rings. The zero-order chi connectivity index (χ0) is 17.9. The minimum atomic E-state index is 0.415. The van der Waals surface area contributed by atoms with Gasteiger partial charge in [-0.3, -0.25) is 0 Å². The first-order valence-corrected chi connectivity index (χ1v) is 9.11. The fraction of sp³-hybridized carbons (Fsp3) is 0.263. The first-order valence-electron chi connectivity index (χ1n) is 8.73. The van der Waals surface area contributed by atoms with Crippen LogP contribution in [0.1, 0.15) is 31.2 Å². The molecule has 26 heavy (non-hydrogen) atoms. The Morgan fingerprint density at radius 3 is 2.77 bits per heavy atom. The second-order valence-corrected chi connectivity index (χ2v) is 6.59. The molecule has 0 aliphatic heterocycles. The molecule has 2 aromatic carbocycles. The van der Waals surface area contributed by atoms with E-state index in [-0.39, 0.29) is 0 Å². The Kier molecular flexibility index (Phi) is 4.67. The van der Waals surface area contributed by atoms with E-state index < -0.39 is 0 Å². The number of aromatic nitrogens is 6. The zero-order valence-corrected chi connectivity index (χ0v) is 15.2. The van der Waals surface area contributed by atoms with Crippen LogP contribution in [0.3, 0.4) is 0 Å². The summed E-state index contributed by atoms with van der Waals surface area (Å²) in [5.41, 5.74) is 1.92. The lowest BCUT2D eigenvalue weighted by atomic mass is 10.0. The van der Waals surface area contributed by atoms with E-state index in [0.29, 0.717) is 23.2 Å². The summed E-state index contributed by atoms with van der Waals surface area (Å²) in [5, 5.41) is 17.2. The first-order chi connectivity index (χ1) is 12.8. The average Bonchev–Trinajstić information content (AvgIpc) is 3.28. The van der Waals surface area contributed by atoms with Crippen LogP contribution in [0.25, 0.3) is 22.3 Å². The van der Waals surface area contributed by atoms with Crippen molar-refractivity contribution in [3.63, 3.8) is 0 Å². The number of tetrazole rings is 1. The van der Waals surface area contributed by atoms with E-state index in [4.69, 9.17) is 11.6 Å². The molecule has 0 radical (unpaired) electrons. The van der Waals surface area contributed by atoms with E-state index in [9.17, 15) is 0 Å². The van der Waals surface area contributed by atoms with Gasteiger partial charge in [0.1, 0.15) is 11.5 Å². The zero-order valence-electron chi connectivity index (χ0n) is 14.5. The standard InChI is InChI=1S/C19H19ClN6/c1-2-3-11-16-21-18(20)17(19-22-24-25-23-19)26(16)12-14-9-6-8-13-7-4-5-10-15(13)14/h4-10H,2-3,11-12H2,1H3,(H,22,23,24,25). The molecule has 0 aliphatic carbocycles. The topological polar surface area (TPSA) is 72.3 Å². The Balaban J connectivity index is 1.83. The Morgan fingerprint density at radius 2 is 1.96 bits per heavy atom. The van der Waals surface area contributed by atoms with Gasteiger partial charge >= 0.3 is 0 Å². The number of fused-ring (bicyclic) bond motifs is 1. The molecule has 0 saturated carbocycles. The van der Waals surface area contributed by atoms with Gasteiger partial charge in [0.15, 0.2) is 5.15 Å². The van der Waals surface area contributed by atoms with Crippen LogP contribution < -0.4 is 0 Å². The first kappa shape index (κ1) is 16.7. The quantitative estimate of drug-likeness (QED) is 0.553. The molecule has 132 valence electrons. The van der Waals surface area contributed by atoms with Gasteiger partial charge in [0.05, 0.1) is 6.54 Å². The molecular formula is C19H19ClN6. The highest BCUT2D eigenvalue weighted by atomic mass is 35.5. The number of benzene rings is 2. The largest absolute Gasteiger partial charge is 0.319 e. The van der Waals surface area contributed by atoms with Crippen LogP contribution in [0.5, 0.6) is 0 Å². The molecular weight excluding hydrogens is 348 g/mol. The van der Waals surface area contributed by atoms with Crippen LogP contribution in [0.15, 0.2) is 42.5 Å². The lowest BCUT2D eigenvalue weighted by Gasteiger charge is -2.12. The smallest absolute Gasteiger partial charge is 0.224 e. The third-order valence-electron chi connectivity index (χ3n) is 4.52. The molecule has 1 N–H and O–H groups in total. The summed E-state index contributed by atoms with van der Waals surface area (Å²) in [6, 6.07) is 14.7. The normalized spacial score (nSPS) is 11.3. The summed E-state index contributed by atoms with van der Waals surface area (Å²) in [4.78, 5) is 4.59. The lowest BCUT2D eigenvalue weighted by Crippen LogP contribution is -2.08. The van der Waals surface area contributed by atoms with Gasteiger partial charge < -0.3 is 4.57 Å². The molecule has 4 rings (SSSR count). The second-order valence-electron chi connectivity index (χ2n) is 6.23. The maximum absolute atomic E-state index is 6.45. The molecule has 2 heterocycles. The number of unbranched alkanes of at least 4 members (excludes halogenated alkanes) is 1. The van der Waals surface area contributed by atoms with Gasteiger partial charge in [-0.25, -0.2) is 4.98 Å². The number of imidazole rings is 1. The van der Waals surface area contributed by atoms with Crippen molar-refractivity contribution >= 4 is 22.4 Å². The summed E-state index contributed by atoms with van der Waals surface area (Å²) >= 11 is 6.45. The summed E-state index contributed by atoms with van der Waals surface area (Å²) in [5.74, 6) is 1.41. The summed E-state index contributed by atoms with van der Waals surface area (Å²) in [7, 11) is 0. The number of aryl methyl sites for hydroxylation is 1. The predicted octanol–water partition coefficient (Wildman–Crippen LogP) is 4.26. The van der Waals surface area contributed by atoms with Crippen molar-refractivity contribution in [1.82, 2.24) is 30.2 Å². The Labute approximate surface area is 156 Å². The molecule has 0 fully saturated rings. The predicted molar refractivity (Wildman–Crippen MR) is 102 cm³/mol. The number of hydrogen-bond acceptors (Lipinski definition) is 4. The van der Waals surface area contributed by atoms with E-state index >= 15 is 0 Å². The number of nitrogens with zero attached hydrogens (tertiary/aromatic N) is 5. The van der Waals surface area contributed by atoms with Crippen molar-refractivity contribution < 1.29 is 0 Å². The summed E-state index contributed by atoms with van der Waals surface area (Å²) < 4.78 is 2.12. The molecule has 0 atom stereocenters. The molecule has 0 spiro atoms. The van der Waals surface area contributed by atoms with Crippen LogP contribution >= 0.6 is 11.6 Å². The average molecular weight is 367 g/mol. The third-order valence-corrected chi connectivity index (χ3v) is 4.79. The van der Waals surface area contributed by atoms with E-state index in [2.05, 4.69) is 79.6 Å². The molecule has 7 heteroatoms. The van der Waals surface area contributed by atoms with E-state index in [0.717, 1.165) is 25.1 Å². The maximum Gasteiger partial charge on any atom is 0.224 e. The Morgan fingerprint density at radius 1 is 1.12 bits per heavy atom. The lowest BCUT2D eigenvalue weighted by molar-refractivity contribution is 0.681. The molecule has 2 aromatic heterocycles. The van der Waals surface area contributed by atoms with Crippen molar-refractivity contribution in [2.45, 2.75) is 32.7 Å². The highest BCUT2D eigenvalue weighted by Gasteiger charge is 2.21. The van der Waals surface area contributed by atoms with Gasteiger partial charge in [-0.15, -0.1) is 10.2 Å². The number of aromatic amines is 1. The van der Waals surface area contributed by atoms with Crippen LogP contribution in [-0.4, -0.2) is 30.2 Å². The molecule has 0 unspecified atom stereocenters. The number of H-pyrrole nitrogens is 1. The molecule has 0 bridgehead atoms. The highest BCUT2D eigenvalue weighted by molar-refractivity contribution is 6.31. The van der Waals surface area contributed by atoms with Gasteiger partial charge in [-0.1, -0.05) is 67.4 Å². The third kappa shape index (κ3) is 3.08. The molecule has 0 saturated heterocycles. The summed E-state index contributed by atoms with van der Waals surface area (Å²) in [6.07, 6.45) is 3.00. The monoisotopic (exact) mass is 366 g/mol. The number of rotatable bonds is 6. The summed E-state index contributed by atoms with van der Waals surface area (Å²) in [6.45, 7) is 2.82. The van der Waals surface area contributed by atoms with Gasteiger partial charge in [0, 0.05) is 6.42 Å². The highest BCUT2D eigenvalue weighted by Crippen LogP contribution is 2.29. The SMILES string of the molecule is CCCCc1nc(Cl)c(-c2nn[nH]n2)n1Cc1cccc2ccccc12. The minimum absolute atomic E-state index is 0.415. The Bertz CT molecular complexity index is 1020. The molecule has 6 nitrogen and oxygen atoms in total. The van der Waals surface area contributed by atoms with E-state index in [1.165, 1.54) is 16.3 Å². The van der Waals surface area contributed by atoms with Crippen LogP contribution in [-0.2, 0) is 13.0 Å². The van der Waals surface area contributed by atoms with Crippen molar-refractivity contribution in [2.24, 2.45) is 0 Å².